The molecule has 0 aromatic heterocycles. The summed E-state index contributed by atoms with van der Waals surface area (Å²) in [5.41, 5.74) is 0. The highest BCUT2D eigenvalue weighted by Gasteiger charge is 1.18. The lowest BCUT2D eigenvalue weighted by Crippen LogP contribution is -1.25. The fraction of sp³-hybridized carbons (Fsp3) is 0.333. The van der Waals surface area contributed by atoms with Crippen molar-refractivity contribution < 1.29 is 5.21 Å². The first-order valence-electron chi connectivity index (χ1n) is 1.17. The van der Waals surface area contributed by atoms with Crippen LogP contribution in [0.5, 0.6) is 0 Å². The minimum Gasteiger partial charge on any atom is -0.379 e. The molecule has 0 aliphatic heterocycles. The first kappa shape index (κ1) is 8.88. The molecule has 0 radical (unpaired) electrons. The smallest absolute Gasteiger partial charge is 0.152 e. The van der Waals surface area contributed by atoms with E-state index in [1.165, 1.54) is 5.34 Å². The van der Waals surface area contributed by atoms with Crippen molar-refractivity contribution in [2.45, 2.75) is 6.92 Å². The van der Waals surface area contributed by atoms with E-state index in [0.29, 0.717) is 0 Å². The molecule has 0 fully saturated rings. The van der Waals surface area contributed by atoms with Crippen molar-refractivity contribution in [3.05, 3.63) is 4.91 Å². The van der Waals surface area contributed by atoms with E-state index in [2.05, 4.69) is 12.3 Å². The summed E-state index contributed by atoms with van der Waals surface area (Å²) < 4.78 is 0. The maximum Gasteiger partial charge on any atom is 0.152 e. The van der Waals surface area contributed by atoms with E-state index in [9.17, 15) is 0 Å². The fourth-order valence-corrected chi connectivity index (χ4v) is 0. The van der Waals surface area contributed by atoms with Crippen LogP contribution in [0.25, 0.3) is 0 Å². The predicted octanol–water partition coefficient (Wildman–Crippen LogP) is 0.782. The van der Waals surface area contributed by atoms with E-state index < -0.39 is 0 Å². The van der Waals surface area contributed by atoms with Crippen LogP contribution in [0.15, 0.2) is 5.34 Å². The van der Waals surface area contributed by atoms with Crippen LogP contribution in [0.3, 0.4) is 0 Å². The van der Waals surface area contributed by atoms with Crippen LogP contribution in [0.1, 0.15) is 6.92 Å². The average Bonchev–Trinajstić information content (AvgIpc) is 1.39. The Hall–Kier alpha value is -1.04. The van der Waals surface area contributed by atoms with Gasteiger partial charge in [0.05, 0.1) is 0 Å². The lowest BCUT2D eigenvalue weighted by Gasteiger charge is -1.32. The van der Waals surface area contributed by atoms with E-state index in [1.807, 2.05) is 0 Å². The lowest BCUT2D eigenvalue weighted by molar-refractivity contribution is 0.312. The van der Waals surface area contributed by atoms with Crippen LogP contribution in [0, 0.1) is 17.3 Å². The summed E-state index contributed by atoms with van der Waals surface area (Å²) in [5.74, 6) is 2.25. The Balaban J connectivity index is 0. The molecule has 0 spiro atoms. The van der Waals surface area contributed by atoms with Gasteiger partial charge in [-0.2, -0.15) is 0 Å². The van der Waals surface area contributed by atoms with Gasteiger partial charge in [-0.25, -0.2) is 0 Å². The largest absolute Gasteiger partial charge is 0.379 e. The number of nitrogens with zero attached hydrogens (tertiary/aromatic N) is 1. The summed E-state index contributed by atoms with van der Waals surface area (Å²) >= 11 is 0. The molecule has 0 aromatic carbocycles. The predicted molar refractivity (Wildman–Crippen MR) is 22.1 cm³/mol. The van der Waals surface area contributed by atoms with Crippen molar-refractivity contribution >= 4 is 0 Å². The van der Waals surface area contributed by atoms with E-state index in [-0.39, 0.29) is 0 Å². The Bertz CT molecular complexity index is 54.3. The molecule has 0 heterocycles. The summed E-state index contributed by atoms with van der Waals surface area (Å²) in [6, 6.07) is 0. The molecule has 0 unspecified atom stereocenters. The summed E-state index contributed by atoms with van der Waals surface area (Å²) in [4.78, 5) is 8.11. The molecule has 0 atom stereocenters. The molecule has 0 bridgehead atoms. The van der Waals surface area contributed by atoms with Gasteiger partial charge in [-0.3, -0.25) is 0 Å². The summed E-state index contributed by atoms with van der Waals surface area (Å²) in [7, 11) is 0. The number of hydrogen-bond acceptors (Lipinski definition) is 2. The van der Waals surface area contributed by atoms with Gasteiger partial charge in [0.1, 0.15) is 0 Å². The molecule has 6 heavy (non-hydrogen) atoms. The van der Waals surface area contributed by atoms with Crippen LogP contribution in [-0.2, 0) is 0 Å². The monoisotopic (exact) mass is 87.0 g/mol. The third-order valence-corrected chi connectivity index (χ3v) is 0. The Morgan fingerprint density at radius 3 is 2.00 bits per heavy atom. The summed E-state index contributed by atoms with van der Waals surface area (Å²) in [6.07, 6.45) is 4.60. The minimum absolute atomic E-state index is 1.25. The SMILES string of the molecule is C#CC.O=NO. The molecule has 0 aliphatic carbocycles. The Kier molecular flexibility index (Phi) is 55.7. The third-order valence-electron chi connectivity index (χ3n) is 0. The molecule has 3 heteroatoms. The molecule has 0 aromatic rings. The van der Waals surface area contributed by atoms with Crippen molar-refractivity contribution in [1.29, 1.82) is 0 Å². The summed E-state index contributed by atoms with van der Waals surface area (Å²) in [5, 5.41) is 7.89. The van der Waals surface area contributed by atoms with E-state index in [4.69, 9.17) is 10.1 Å². The molecule has 0 rings (SSSR count). The number of hydrogen-bond donors (Lipinski definition) is 1. The third kappa shape index (κ3) is 10.5. The van der Waals surface area contributed by atoms with Gasteiger partial charge in [-0.1, -0.05) is 0 Å². The highest BCUT2D eigenvalue weighted by Crippen LogP contribution is 1.25. The molecular weight excluding hydrogens is 82.0 g/mol. The lowest BCUT2D eigenvalue weighted by atomic mass is 10.9. The van der Waals surface area contributed by atoms with Gasteiger partial charge in [-0.05, 0) is 6.92 Å². The van der Waals surface area contributed by atoms with Crippen molar-refractivity contribution in [1.82, 2.24) is 0 Å². The van der Waals surface area contributed by atoms with Crippen LogP contribution >= 0.6 is 0 Å². The standard InChI is InChI=1S/C3H4.HNO2/c1-3-2;2-1-3/h1H,2H3;(H,2,3). The highest BCUT2D eigenvalue weighted by atomic mass is 16.6. The molecule has 1 N–H and O–H groups in total. The van der Waals surface area contributed by atoms with Gasteiger partial charge in [0.25, 0.3) is 0 Å². The van der Waals surface area contributed by atoms with Crippen molar-refractivity contribution in [2.24, 2.45) is 5.34 Å². The molecule has 0 saturated heterocycles. The average molecular weight is 87.1 g/mol. The Morgan fingerprint density at radius 1 is 2.00 bits per heavy atom. The molecule has 0 amide bonds. The fourth-order valence-electron chi connectivity index (χ4n) is 0. The van der Waals surface area contributed by atoms with Crippen LogP contribution < -0.4 is 0 Å². The Labute approximate surface area is 35.9 Å². The first-order valence-corrected chi connectivity index (χ1v) is 1.17. The normalized spacial score (nSPS) is 3.33. The topological polar surface area (TPSA) is 49.7 Å². The van der Waals surface area contributed by atoms with Crippen LogP contribution in [0.4, 0.5) is 0 Å². The van der Waals surface area contributed by atoms with E-state index >= 15 is 0 Å². The van der Waals surface area contributed by atoms with E-state index in [1.54, 1.807) is 6.92 Å². The van der Waals surface area contributed by atoms with Crippen molar-refractivity contribution in [3.8, 4) is 12.3 Å². The zero-order valence-electron chi connectivity index (χ0n) is 3.38. The second-order valence-electron chi connectivity index (χ2n) is 0.370. The molecular formula is C3H5NO2. The van der Waals surface area contributed by atoms with Gasteiger partial charge in [0.15, 0.2) is 5.34 Å². The maximum absolute atomic E-state index is 8.11. The quantitative estimate of drug-likeness (QED) is 0.269. The maximum atomic E-state index is 8.11. The van der Waals surface area contributed by atoms with Gasteiger partial charge < -0.3 is 5.21 Å². The zero-order chi connectivity index (χ0) is 5.41. The van der Waals surface area contributed by atoms with Gasteiger partial charge in [0, 0.05) is 0 Å². The van der Waals surface area contributed by atoms with Crippen molar-refractivity contribution in [3.63, 3.8) is 0 Å². The van der Waals surface area contributed by atoms with E-state index in [0.717, 1.165) is 0 Å². The Morgan fingerprint density at radius 2 is 2.00 bits per heavy atom. The second-order valence-corrected chi connectivity index (χ2v) is 0.370. The zero-order valence-corrected chi connectivity index (χ0v) is 3.38. The van der Waals surface area contributed by atoms with Crippen LogP contribution in [-0.4, -0.2) is 5.21 Å². The number of rotatable bonds is 0. The molecule has 34 valence electrons. The minimum atomic E-state index is 1.25. The molecule has 0 aliphatic rings. The van der Waals surface area contributed by atoms with Gasteiger partial charge in [0.2, 0.25) is 0 Å². The number of terminal acetylenes is 1. The highest BCUT2D eigenvalue weighted by molar-refractivity contribution is 4.73. The second kappa shape index (κ2) is 37.6. The van der Waals surface area contributed by atoms with Crippen LogP contribution in [0.2, 0.25) is 0 Å². The molecule has 0 saturated carbocycles. The molecule has 3 nitrogen and oxygen atoms in total. The summed E-state index contributed by atoms with van der Waals surface area (Å²) in [6.45, 7) is 1.65. The van der Waals surface area contributed by atoms with Crippen molar-refractivity contribution in [2.75, 3.05) is 0 Å². The van der Waals surface area contributed by atoms with Gasteiger partial charge >= 0.3 is 0 Å². The first-order chi connectivity index (χ1) is 2.83. The van der Waals surface area contributed by atoms with Gasteiger partial charge in [-0.15, -0.1) is 17.3 Å².